The molecule has 0 saturated carbocycles. The number of nitrogens with zero attached hydrogens (tertiary/aromatic N) is 3. The molecule has 4 heterocycles. The summed E-state index contributed by atoms with van der Waals surface area (Å²) in [6, 6.07) is 23.9. The zero-order valence-corrected chi connectivity index (χ0v) is 24.1. The number of furan rings is 1. The van der Waals surface area contributed by atoms with Crippen LogP contribution in [-0.4, -0.2) is 23.2 Å². The number of hydrogen-bond donors (Lipinski definition) is 1. The molecule has 194 valence electrons. The highest BCUT2D eigenvalue weighted by atomic mass is 79.9. The van der Waals surface area contributed by atoms with Crippen LogP contribution in [0.25, 0.3) is 11.3 Å². The van der Waals surface area contributed by atoms with Crippen molar-refractivity contribution in [3.05, 3.63) is 99.9 Å². The lowest BCUT2D eigenvalue weighted by Crippen LogP contribution is -2.33. The summed E-state index contributed by atoms with van der Waals surface area (Å²) in [7, 11) is 0. The molecule has 4 aromatic rings. The second kappa shape index (κ2) is 10.7. The average molecular weight is 608 g/mol. The summed E-state index contributed by atoms with van der Waals surface area (Å²) in [4.78, 5) is 9.13. The summed E-state index contributed by atoms with van der Waals surface area (Å²) in [5, 5.41) is 4.85. The summed E-state index contributed by atoms with van der Waals surface area (Å²) in [5.41, 5.74) is 3.91. The van der Waals surface area contributed by atoms with E-state index in [0.29, 0.717) is 5.11 Å². The minimum absolute atomic E-state index is 0.186. The lowest BCUT2D eigenvalue weighted by molar-refractivity contribution is 0.438. The predicted octanol–water partition coefficient (Wildman–Crippen LogP) is 8.17. The molecule has 2 aliphatic heterocycles. The van der Waals surface area contributed by atoms with E-state index < -0.39 is 0 Å². The molecule has 0 amide bonds. The van der Waals surface area contributed by atoms with E-state index in [2.05, 4.69) is 55.1 Å². The van der Waals surface area contributed by atoms with E-state index in [9.17, 15) is 0 Å². The molecule has 5 nitrogen and oxygen atoms in total. The highest BCUT2D eigenvalue weighted by molar-refractivity contribution is 9.10. The average Bonchev–Trinajstić information content (AvgIpc) is 3.55. The van der Waals surface area contributed by atoms with E-state index in [4.69, 9.17) is 28.2 Å². The number of benzene rings is 2. The SMILES string of the molecule is CC1CCN(c2ccc(N3C(=S)N[C@@H](c4ccccn4)[C@H]3c3ccc(-c4ccc(Br)cc4)o3)cc2Cl)CC1. The van der Waals surface area contributed by atoms with Crippen molar-refractivity contribution in [3.8, 4) is 11.3 Å². The molecule has 6 rings (SSSR count). The number of rotatable bonds is 5. The molecule has 2 fully saturated rings. The Morgan fingerprint density at radius 3 is 2.53 bits per heavy atom. The Morgan fingerprint density at radius 2 is 1.82 bits per heavy atom. The van der Waals surface area contributed by atoms with Crippen molar-refractivity contribution >= 4 is 56.2 Å². The van der Waals surface area contributed by atoms with Crippen LogP contribution in [-0.2, 0) is 0 Å². The van der Waals surface area contributed by atoms with Crippen molar-refractivity contribution in [2.45, 2.75) is 31.8 Å². The fourth-order valence-electron chi connectivity index (χ4n) is 5.35. The monoisotopic (exact) mass is 606 g/mol. The summed E-state index contributed by atoms with van der Waals surface area (Å²) >= 11 is 16.3. The number of nitrogens with one attached hydrogen (secondary N) is 1. The van der Waals surface area contributed by atoms with Crippen LogP contribution in [0.5, 0.6) is 0 Å². The quantitative estimate of drug-likeness (QED) is 0.231. The van der Waals surface area contributed by atoms with Gasteiger partial charge in [0.2, 0.25) is 0 Å². The standard InChI is InChI=1S/C30H28BrClN4OS/c1-19-13-16-35(17-14-19)25-10-9-22(18-23(25)32)36-29(28(34-30(36)38)24-4-2-3-15-33-24)27-12-11-26(37-27)20-5-7-21(31)8-6-20/h2-12,15,18-19,28-29H,13-14,16-17H2,1H3,(H,34,38)/t28-,29+/m0/s1. The van der Waals surface area contributed by atoms with Gasteiger partial charge in [0.05, 0.1) is 22.4 Å². The first kappa shape index (κ1) is 25.4. The first-order valence-electron chi connectivity index (χ1n) is 12.9. The summed E-state index contributed by atoms with van der Waals surface area (Å²) in [6.07, 6.45) is 4.18. The number of halogens is 2. The minimum atomic E-state index is -0.237. The fourth-order valence-corrected chi connectivity index (χ4v) is 6.26. The van der Waals surface area contributed by atoms with Crippen LogP contribution in [0, 0.1) is 5.92 Å². The summed E-state index contributed by atoms with van der Waals surface area (Å²) in [6.45, 7) is 4.37. The maximum atomic E-state index is 6.90. The maximum Gasteiger partial charge on any atom is 0.174 e. The molecule has 2 aliphatic rings. The van der Waals surface area contributed by atoms with E-state index in [1.807, 2.05) is 60.7 Å². The number of anilines is 2. The Morgan fingerprint density at radius 1 is 1.03 bits per heavy atom. The van der Waals surface area contributed by atoms with Crippen LogP contribution in [0.1, 0.15) is 43.3 Å². The van der Waals surface area contributed by atoms with Crippen LogP contribution in [0.4, 0.5) is 11.4 Å². The fraction of sp³-hybridized carbons (Fsp3) is 0.267. The zero-order valence-electron chi connectivity index (χ0n) is 21.0. The van der Waals surface area contributed by atoms with E-state index in [0.717, 1.165) is 62.7 Å². The van der Waals surface area contributed by atoms with Crippen molar-refractivity contribution in [1.82, 2.24) is 10.3 Å². The first-order chi connectivity index (χ1) is 18.5. The van der Waals surface area contributed by atoms with Gasteiger partial charge in [-0.2, -0.15) is 0 Å². The van der Waals surface area contributed by atoms with Crippen molar-refractivity contribution in [1.29, 1.82) is 0 Å². The van der Waals surface area contributed by atoms with Crippen LogP contribution in [0.2, 0.25) is 5.02 Å². The van der Waals surface area contributed by atoms with Gasteiger partial charge in [0.1, 0.15) is 17.6 Å². The normalized spacial score (nSPS) is 20.1. The molecule has 2 atom stereocenters. The number of hydrogen-bond acceptors (Lipinski definition) is 4. The van der Waals surface area contributed by atoms with Crippen molar-refractivity contribution in [2.24, 2.45) is 5.92 Å². The van der Waals surface area contributed by atoms with Gasteiger partial charge in [-0.05, 0) is 85.6 Å². The van der Waals surface area contributed by atoms with Gasteiger partial charge < -0.3 is 19.5 Å². The van der Waals surface area contributed by atoms with Gasteiger partial charge in [-0.1, -0.05) is 52.7 Å². The van der Waals surface area contributed by atoms with Crippen LogP contribution >= 0.6 is 39.7 Å². The van der Waals surface area contributed by atoms with E-state index in [-0.39, 0.29) is 12.1 Å². The van der Waals surface area contributed by atoms with E-state index in [1.54, 1.807) is 6.20 Å². The van der Waals surface area contributed by atoms with E-state index >= 15 is 0 Å². The van der Waals surface area contributed by atoms with Crippen LogP contribution in [0.15, 0.2) is 87.9 Å². The van der Waals surface area contributed by atoms with Gasteiger partial charge in [0, 0.05) is 35.0 Å². The molecule has 0 radical (unpaired) electrons. The minimum Gasteiger partial charge on any atom is -0.459 e. The van der Waals surface area contributed by atoms with Gasteiger partial charge in [0.25, 0.3) is 0 Å². The molecule has 0 aliphatic carbocycles. The number of piperidine rings is 1. The summed E-state index contributed by atoms with van der Waals surface area (Å²) < 4.78 is 7.51. The number of aromatic nitrogens is 1. The molecular formula is C30H28BrClN4OS. The third kappa shape index (κ3) is 4.95. The molecule has 8 heteroatoms. The predicted molar refractivity (Wildman–Crippen MR) is 162 cm³/mol. The van der Waals surface area contributed by atoms with Gasteiger partial charge in [0.15, 0.2) is 5.11 Å². The molecule has 2 saturated heterocycles. The van der Waals surface area contributed by atoms with Gasteiger partial charge in [-0.3, -0.25) is 4.98 Å². The van der Waals surface area contributed by atoms with Crippen molar-refractivity contribution < 1.29 is 4.42 Å². The third-order valence-corrected chi connectivity index (χ3v) is 8.62. The molecule has 1 N–H and O–H groups in total. The highest BCUT2D eigenvalue weighted by Gasteiger charge is 2.42. The van der Waals surface area contributed by atoms with Gasteiger partial charge in [-0.15, -0.1) is 0 Å². The molecular weight excluding hydrogens is 580 g/mol. The Balaban J connectivity index is 1.37. The van der Waals surface area contributed by atoms with Gasteiger partial charge in [-0.25, -0.2) is 0 Å². The number of thiocarbonyl (C=S) groups is 1. The van der Waals surface area contributed by atoms with Gasteiger partial charge >= 0.3 is 0 Å². The number of pyridine rings is 1. The lowest BCUT2D eigenvalue weighted by Gasteiger charge is -2.33. The summed E-state index contributed by atoms with van der Waals surface area (Å²) in [5.74, 6) is 2.37. The third-order valence-electron chi connectivity index (χ3n) is 7.48. The van der Waals surface area contributed by atoms with E-state index in [1.165, 1.54) is 12.8 Å². The largest absolute Gasteiger partial charge is 0.459 e. The molecule has 0 spiro atoms. The topological polar surface area (TPSA) is 44.5 Å². The molecule has 2 aromatic carbocycles. The molecule has 38 heavy (non-hydrogen) atoms. The zero-order chi connectivity index (χ0) is 26.2. The molecule has 0 unspecified atom stereocenters. The van der Waals surface area contributed by atoms with Crippen LogP contribution < -0.4 is 15.1 Å². The first-order valence-corrected chi connectivity index (χ1v) is 14.5. The Labute approximate surface area is 241 Å². The Kier molecular flexibility index (Phi) is 7.16. The highest BCUT2D eigenvalue weighted by Crippen LogP contribution is 2.44. The Bertz CT molecular complexity index is 1440. The molecule has 0 bridgehead atoms. The smallest absolute Gasteiger partial charge is 0.174 e. The Hall–Kier alpha value is -2.87. The second-order valence-corrected chi connectivity index (χ2v) is 11.7. The lowest BCUT2D eigenvalue weighted by atomic mass is 9.98. The molecule has 2 aromatic heterocycles. The van der Waals surface area contributed by atoms with Crippen molar-refractivity contribution in [3.63, 3.8) is 0 Å². The second-order valence-electron chi connectivity index (χ2n) is 10.0. The van der Waals surface area contributed by atoms with Crippen molar-refractivity contribution in [2.75, 3.05) is 22.9 Å². The van der Waals surface area contributed by atoms with Crippen LogP contribution in [0.3, 0.4) is 0 Å². The maximum absolute atomic E-state index is 6.90.